The summed E-state index contributed by atoms with van der Waals surface area (Å²) in [6.07, 6.45) is 0. The van der Waals surface area contributed by atoms with Crippen LogP contribution in [0.15, 0.2) is 28.1 Å². The highest BCUT2D eigenvalue weighted by atomic mass is 79.9. The van der Waals surface area contributed by atoms with Gasteiger partial charge in [-0.2, -0.15) is 0 Å². The predicted octanol–water partition coefficient (Wildman–Crippen LogP) is 2.97. The summed E-state index contributed by atoms with van der Waals surface area (Å²) >= 11 is 5.07. The van der Waals surface area contributed by atoms with Gasteiger partial charge in [0.2, 0.25) is 0 Å². The molecule has 2 aromatic rings. The summed E-state index contributed by atoms with van der Waals surface area (Å²) < 4.78 is 1.07. The van der Waals surface area contributed by atoms with Crippen molar-refractivity contribution < 1.29 is 0 Å². The molecular weight excluding hydrogens is 312 g/mol. The highest BCUT2D eigenvalue weighted by Gasteiger charge is 2.04. The van der Waals surface area contributed by atoms with Crippen LogP contribution in [0, 0.1) is 5.92 Å². The molecule has 3 N–H and O–H groups in total. The SMILES string of the molecule is CC(CN)CNc1ccc(-c2cc(Br)cs2)nn1. The Labute approximate surface area is 119 Å². The quantitative estimate of drug-likeness (QED) is 0.886. The van der Waals surface area contributed by atoms with Gasteiger partial charge >= 0.3 is 0 Å². The Balaban J connectivity index is 2.01. The number of nitrogens with one attached hydrogen (secondary N) is 1. The molecule has 0 aliphatic heterocycles. The lowest BCUT2D eigenvalue weighted by molar-refractivity contribution is 0.626. The van der Waals surface area contributed by atoms with Crippen LogP contribution >= 0.6 is 27.3 Å². The Morgan fingerprint density at radius 2 is 2.28 bits per heavy atom. The number of halogens is 1. The average Bonchev–Trinajstić information content (AvgIpc) is 2.83. The summed E-state index contributed by atoms with van der Waals surface area (Å²) in [6, 6.07) is 5.96. The second-order valence-electron chi connectivity index (χ2n) is 4.15. The van der Waals surface area contributed by atoms with Gasteiger partial charge in [-0.15, -0.1) is 21.5 Å². The molecule has 0 aromatic carbocycles. The van der Waals surface area contributed by atoms with E-state index in [0.29, 0.717) is 12.5 Å². The number of hydrogen-bond donors (Lipinski definition) is 2. The van der Waals surface area contributed by atoms with E-state index in [2.05, 4.69) is 38.4 Å². The first kappa shape index (κ1) is 13.5. The molecule has 0 saturated heterocycles. The van der Waals surface area contributed by atoms with Gasteiger partial charge in [-0.25, -0.2) is 0 Å². The lowest BCUT2D eigenvalue weighted by atomic mass is 10.2. The largest absolute Gasteiger partial charge is 0.368 e. The summed E-state index contributed by atoms with van der Waals surface area (Å²) in [5.41, 5.74) is 6.45. The molecule has 0 aliphatic rings. The molecule has 0 radical (unpaired) electrons. The second kappa shape index (κ2) is 6.26. The van der Waals surface area contributed by atoms with E-state index in [1.54, 1.807) is 11.3 Å². The first-order chi connectivity index (χ1) is 8.69. The van der Waals surface area contributed by atoms with Crippen molar-refractivity contribution in [3.05, 3.63) is 28.1 Å². The minimum atomic E-state index is 0.430. The molecule has 0 amide bonds. The van der Waals surface area contributed by atoms with Crippen molar-refractivity contribution >= 4 is 33.1 Å². The average molecular weight is 327 g/mol. The zero-order chi connectivity index (χ0) is 13.0. The Kier molecular flexibility index (Phi) is 4.68. The van der Waals surface area contributed by atoms with Crippen molar-refractivity contribution in [3.63, 3.8) is 0 Å². The summed E-state index contributed by atoms with van der Waals surface area (Å²) in [7, 11) is 0. The zero-order valence-corrected chi connectivity index (χ0v) is 12.5. The summed E-state index contributed by atoms with van der Waals surface area (Å²) in [5.74, 6) is 1.22. The van der Waals surface area contributed by atoms with Gasteiger partial charge in [0.15, 0.2) is 0 Å². The lowest BCUT2D eigenvalue weighted by Crippen LogP contribution is -2.20. The number of aromatic nitrogens is 2. The van der Waals surface area contributed by atoms with Crippen molar-refractivity contribution in [2.75, 3.05) is 18.4 Å². The van der Waals surface area contributed by atoms with Crippen LogP contribution in [0.1, 0.15) is 6.92 Å². The van der Waals surface area contributed by atoms with Crippen molar-refractivity contribution in [2.45, 2.75) is 6.92 Å². The molecule has 0 spiro atoms. The number of rotatable bonds is 5. The maximum Gasteiger partial charge on any atom is 0.148 e. The summed E-state index contributed by atoms with van der Waals surface area (Å²) in [5, 5.41) is 13.6. The van der Waals surface area contributed by atoms with Crippen LogP contribution in [-0.2, 0) is 0 Å². The van der Waals surface area contributed by atoms with Crippen LogP contribution in [0.25, 0.3) is 10.6 Å². The minimum absolute atomic E-state index is 0.430. The van der Waals surface area contributed by atoms with Gasteiger partial charge in [-0.3, -0.25) is 0 Å². The van der Waals surface area contributed by atoms with Crippen molar-refractivity contribution in [2.24, 2.45) is 11.7 Å². The molecule has 0 bridgehead atoms. The molecule has 2 aromatic heterocycles. The summed E-state index contributed by atoms with van der Waals surface area (Å²) in [4.78, 5) is 1.11. The maximum absolute atomic E-state index is 5.56. The maximum atomic E-state index is 5.56. The molecule has 6 heteroatoms. The van der Waals surface area contributed by atoms with E-state index in [1.165, 1.54) is 0 Å². The summed E-state index contributed by atoms with van der Waals surface area (Å²) in [6.45, 7) is 3.58. The minimum Gasteiger partial charge on any atom is -0.368 e. The van der Waals surface area contributed by atoms with Crippen molar-refractivity contribution in [1.29, 1.82) is 0 Å². The molecule has 0 saturated carbocycles. The molecular formula is C12H15BrN4S. The number of nitrogens with two attached hydrogens (primary N) is 1. The third kappa shape index (κ3) is 3.51. The van der Waals surface area contributed by atoms with Crippen LogP contribution in [-0.4, -0.2) is 23.3 Å². The number of hydrogen-bond acceptors (Lipinski definition) is 5. The molecule has 0 aliphatic carbocycles. The normalized spacial score (nSPS) is 12.4. The Hall–Kier alpha value is -0.980. The van der Waals surface area contributed by atoms with E-state index >= 15 is 0 Å². The standard InChI is InChI=1S/C12H15BrN4S/c1-8(5-14)6-15-12-3-2-10(16-17-12)11-4-9(13)7-18-11/h2-4,7-8H,5-6,14H2,1H3,(H,15,17). The molecule has 2 rings (SSSR count). The zero-order valence-electron chi connectivity index (χ0n) is 10.1. The van der Waals surface area contributed by atoms with Crippen LogP contribution in [0.5, 0.6) is 0 Å². The second-order valence-corrected chi connectivity index (χ2v) is 5.98. The fourth-order valence-corrected chi connectivity index (χ4v) is 2.76. The van der Waals surface area contributed by atoms with Crippen LogP contribution in [0.3, 0.4) is 0 Å². The van der Waals surface area contributed by atoms with Gasteiger partial charge in [0.25, 0.3) is 0 Å². The topological polar surface area (TPSA) is 63.8 Å². The van der Waals surface area contributed by atoms with Gasteiger partial charge in [-0.1, -0.05) is 6.92 Å². The monoisotopic (exact) mass is 326 g/mol. The number of anilines is 1. The van der Waals surface area contributed by atoms with Crippen molar-refractivity contribution in [3.8, 4) is 10.6 Å². The highest BCUT2D eigenvalue weighted by molar-refractivity contribution is 9.10. The van der Waals surface area contributed by atoms with E-state index in [1.807, 2.05) is 23.6 Å². The molecule has 2 heterocycles. The fraction of sp³-hybridized carbons (Fsp3) is 0.333. The lowest BCUT2D eigenvalue weighted by Gasteiger charge is -2.09. The molecule has 0 fully saturated rings. The van der Waals surface area contributed by atoms with E-state index < -0.39 is 0 Å². The molecule has 4 nitrogen and oxygen atoms in total. The Bertz CT molecular complexity index is 497. The molecule has 96 valence electrons. The highest BCUT2D eigenvalue weighted by Crippen LogP contribution is 2.28. The number of thiophene rings is 1. The van der Waals surface area contributed by atoms with Gasteiger partial charge < -0.3 is 11.1 Å². The van der Waals surface area contributed by atoms with E-state index in [4.69, 9.17) is 5.73 Å². The van der Waals surface area contributed by atoms with E-state index in [-0.39, 0.29) is 0 Å². The fourth-order valence-electron chi connectivity index (χ4n) is 1.37. The predicted molar refractivity (Wildman–Crippen MR) is 79.8 cm³/mol. The van der Waals surface area contributed by atoms with E-state index in [0.717, 1.165) is 27.4 Å². The third-order valence-electron chi connectivity index (χ3n) is 2.52. The van der Waals surface area contributed by atoms with Crippen molar-refractivity contribution in [1.82, 2.24) is 10.2 Å². The smallest absolute Gasteiger partial charge is 0.148 e. The van der Waals surface area contributed by atoms with Gasteiger partial charge in [0.1, 0.15) is 11.5 Å². The molecule has 1 unspecified atom stereocenters. The first-order valence-electron chi connectivity index (χ1n) is 5.71. The number of nitrogens with zero attached hydrogens (tertiary/aromatic N) is 2. The first-order valence-corrected chi connectivity index (χ1v) is 7.38. The van der Waals surface area contributed by atoms with Gasteiger partial charge in [-0.05, 0) is 46.6 Å². The Morgan fingerprint density at radius 1 is 1.44 bits per heavy atom. The molecule has 18 heavy (non-hydrogen) atoms. The Morgan fingerprint density at radius 3 is 2.83 bits per heavy atom. The third-order valence-corrected chi connectivity index (χ3v) is 4.23. The van der Waals surface area contributed by atoms with Gasteiger partial charge in [0, 0.05) is 16.4 Å². The van der Waals surface area contributed by atoms with Gasteiger partial charge in [0.05, 0.1) is 4.88 Å². The van der Waals surface area contributed by atoms with E-state index in [9.17, 15) is 0 Å². The van der Waals surface area contributed by atoms with Crippen LogP contribution in [0.4, 0.5) is 5.82 Å². The van der Waals surface area contributed by atoms with Crippen LogP contribution < -0.4 is 11.1 Å². The molecule has 1 atom stereocenters. The van der Waals surface area contributed by atoms with Crippen LogP contribution in [0.2, 0.25) is 0 Å².